The second kappa shape index (κ2) is 4.12. The number of nitrogens with two attached hydrogens (primary N) is 2. The van der Waals surface area contributed by atoms with Gasteiger partial charge >= 0.3 is 0 Å². The summed E-state index contributed by atoms with van der Waals surface area (Å²) in [6.07, 6.45) is 2.03. The first-order valence-corrected chi connectivity index (χ1v) is 4.28. The Kier molecular flexibility index (Phi) is 3.11. The second-order valence-corrected chi connectivity index (χ2v) is 3.26. The molecule has 2 nitrogen and oxygen atoms in total. The summed E-state index contributed by atoms with van der Waals surface area (Å²) in [6.45, 7) is 2.02. The van der Waals surface area contributed by atoms with Crippen LogP contribution in [0.4, 0.5) is 5.69 Å². The number of aryl methyl sites for hydroxylation is 1. The van der Waals surface area contributed by atoms with Crippen LogP contribution in [0.1, 0.15) is 18.9 Å². The molecule has 1 unspecified atom stereocenters. The second-order valence-electron chi connectivity index (χ2n) is 3.26. The lowest BCUT2D eigenvalue weighted by Gasteiger charge is -2.04. The van der Waals surface area contributed by atoms with E-state index in [9.17, 15) is 0 Å². The van der Waals surface area contributed by atoms with Gasteiger partial charge in [-0.15, -0.1) is 0 Å². The standard InChI is InChI=1S/C10H16N2/c1-8(11)5-6-9-3-2-4-10(12)7-9/h2-4,7-8H,5-6,11-12H2,1H3. The molecule has 0 aliphatic carbocycles. The normalized spacial score (nSPS) is 12.8. The van der Waals surface area contributed by atoms with Gasteiger partial charge < -0.3 is 11.5 Å². The lowest BCUT2D eigenvalue weighted by atomic mass is 10.1. The van der Waals surface area contributed by atoms with E-state index in [1.165, 1.54) is 5.56 Å². The van der Waals surface area contributed by atoms with Gasteiger partial charge in [-0.25, -0.2) is 0 Å². The minimum Gasteiger partial charge on any atom is -0.399 e. The topological polar surface area (TPSA) is 52.0 Å². The zero-order valence-electron chi connectivity index (χ0n) is 7.46. The maximum absolute atomic E-state index is 5.65. The van der Waals surface area contributed by atoms with Crippen molar-refractivity contribution >= 4 is 5.69 Å². The van der Waals surface area contributed by atoms with E-state index in [-0.39, 0.29) is 6.04 Å². The summed E-state index contributed by atoms with van der Waals surface area (Å²) in [6, 6.07) is 8.23. The zero-order valence-corrected chi connectivity index (χ0v) is 7.46. The van der Waals surface area contributed by atoms with Crippen molar-refractivity contribution in [2.24, 2.45) is 5.73 Å². The molecule has 0 saturated carbocycles. The molecule has 12 heavy (non-hydrogen) atoms. The fourth-order valence-electron chi connectivity index (χ4n) is 1.14. The first kappa shape index (κ1) is 9.07. The molecule has 0 aliphatic rings. The first-order chi connectivity index (χ1) is 5.68. The highest BCUT2D eigenvalue weighted by molar-refractivity contribution is 5.40. The molecule has 0 aromatic heterocycles. The van der Waals surface area contributed by atoms with Crippen LogP contribution in [0, 0.1) is 0 Å². The Hall–Kier alpha value is -1.02. The largest absolute Gasteiger partial charge is 0.399 e. The summed E-state index contributed by atoms with van der Waals surface area (Å²) in [4.78, 5) is 0. The van der Waals surface area contributed by atoms with Gasteiger partial charge in [0.1, 0.15) is 0 Å². The van der Waals surface area contributed by atoms with E-state index in [0.29, 0.717) is 0 Å². The molecule has 1 rings (SSSR count). The Labute approximate surface area is 73.6 Å². The van der Waals surface area contributed by atoms with Gasteiger partial charge in [0.05, 0.1) is 0 Å². The van der Waals surface area contributed by atoms with Crippen LogP contribution >= 0.6 is 0 Å². The van der Waals surface area contributed by atoms with E-state index in [4.69, 9.17) is 11.5 Å². The van der Waals surface area contributed by atoms with Crippen molar-refractivity contribution in [3.8, 4) is 0 Å². The van der Waals surface area contributed by atoms with Crippen molar-refractivity contribution in [2.45, 2.75) is 25.8 Å². The van der Waals surface area contributed by atoms with Gasteiger partial charge in [0, 0.05) is 11.7 Å². The van der Waals surface area contributed by atoms with Crippen molar-refractivity contribution in [3.05, 3.63) is 29.8 Å². The van der Waals surface area contributed by atoms with Gasteiger partial charge in [-0.3, -0.25) is 0 Å². The number of anilines is 1. The SMILES string of the molecule is CC(N)CCc1cccc(N)c1. The van der Waals surface area contributed by atoms with E-state index in [0.717, 1.165) is 18.5 Å². The molecule has 1 aromatic carbocycles. The molecular weight excluding hydrogens is 148 g/mol. The fourth-order valence-corrected chi connectivity index (χ4v) is 1.14. The summed E-state index contributed by atoms with van der Waals surface area (Å²) < 4.78 is 0. The first-order valence-electron chi connectivity index (χ1n) is 4.28. The van der Waals surface area contributed by atoms with Crippen LogP contribution in [0.3, 0.4) is 0 Å². The van der Waals surface area contributed by atoms with Gasteiger partial charge in [-0.05, 0) is 37.5 Å². The minimum absolute atomic E-state index is 0.270. The number of nitrogen functional groups attached to an aromatic ring is 1. The van der Waals surface area contributed by atoms with E-state index in [1.54, 1.807) is 0 Å². The highest BCUT2D eigenvalue weighted by Gasteiger charge is 1.96. The van der Waals surface area contributed by atoms with Crippen LogP contribution in [-0.4, -0.2) is 6.04 Å². The molecule has 1 aromatic rings. The zero-order chi connectivity index (χ0) is 8.97. The summed E-state index contributed by atoms with van der Waals surface area (Å²) in [5.41, 5.74) is 13.4. The van der Waals surface area contributed by atoms with Crippen LogP contribution in [0.2, 0.25) is 0 Å². The van der Waals surface area contributed by atoms with Crippen molar-refractivity contribution in [3.63, 3.8) is 0 Å². The Bertz CT molecular complexity index is 243. The van der Waals surface area contributed by atoms with E-state index in [2.05, 4.69) is 6.07 Å². The Morgan fingerprint density at radius 1 is 1.42 bits per heavy atom. The molecule has 0 amide bonds. The van der Waals surface area contributed by atoms with E-state index < -0.39 is 0 Å². The van der Waals surface area contributed by atoms with E-state index >= 15 is 0 Å². The predicted octanol–water partition coefficient (Wildman–Crippen LogP) is 1.55. The summed E-state index contributed by atoms with van der Waals surface area (Å²) >= 11 is 0. The molecule has 4 N–H and O–H groups in total. The molecular formula is C10H16N2. The average Bonchev–Trinajstić information content (AvgIpc) is 2.01. The fraction of sp³-hybridized carbons (Fsp3) is 0.400. The van der Waals surface area contributed by atoms with Crippen molar-refractivity contribution in [1.29, 1.82) is 0 Å². The molecule has 2 heteroatoms. The van der Waals surface area contributed by atoms with Crippen molar-refractivity contribution in [2.75, 3.05) is 5.73 Å². The number of benzene rings is 1. The molecule has 0 bridgehead atoms. The molecule has 0 radical (unpaired) electrons. The van der Waals surface area contributed by atoms with E-state index in [1.807, 2.05) is 25.1 Å². The van der Waals surface area contributed by atoms with Crippen LogP contribution < -0.4 is 11.5 Å². The van der Waals surface area contributed by atoms with Gasteiger partial charge in [-0.2, -0.15) is 0 Å². The quantitative estimate of drug-likeness (QED) is 0.666. The maximum atomic E-state index is 5.65. The summed E-state index contributed by atoms with van der Waals surface area (Å²) in [5.74, 6) is 0. The van der Waals surface area contributed by atoms with Crippen LogP contribution in [0.25, 0.3) is 0 Å². The Balaban J connectivity index is 2.52. The lowest BCUT2D eigenvalue weighted by molar-refractivity contribution is 0.666. The third kappa shape index (κ3) is 2.93. The maximum Gasteiger partial charge on any atom is 0.0316 e. The minimum atomic E-state index is 0.270. The smallest absolute Gasteiger partial charge is 0.0316 e. The molecule has 0 heterocycles. The number of hydrogen-bond donors (Lipinski definition) is 2. The Morgan fingerprint density at radius 3 is 2.75 bits per heavy atom. The highest BCUT2D eigenvalue weighted by atomic mass is 14.6. The molecule has 66 valence electrons. The van der Waals surface area contributed by atoms with Crippen LogP contribution in [0.5, 0.6) is 0 Å². The summed E-state index contributed by atoms with van der Waals surface area (Å²) in [5, 5.41) is 0. The van der Waals surface area contributed by atoms with Crippen molar-refractivity contribution in [1.82, 2.24) is 0 Å². The average molecular weight is 164 g/mol. The Morgan fingerprint density at radius 2 is 2.17 bits per heavy atom. The molecule has 1 atom stereocenters. The van der Waals surface area contributed by atoms with Gasteiger partial charge in [0.25, 0.3) is 0 Å². The monoisotopic (exact) mass is 164 g/mol. The highest BCUT2D eigenvalue weighted by Crippen LogP contribution is 2.09. The predicted molar refractivity (Wildman–Crippen MR) is 52.8 cm³/mol. The number of hydrogen-bond acceptors (Lipinski definition) is 2. The number of rotatable bonds is 3. The molecule has 0 spiro atoms. The molecule has 0 saturated heterocycles. The van der Waals surface area contributed by atoms with Gasteiger partial charge in [0.15, 0.2) is 0 Å². The lowest BCUT2D eigenvalue weighted by Crippen LogP contribution is -2.15. The summed E-state index contributed by atoms with van der Waals surface area (Å²) in [7, 11) is 0. The molecule has 0 aliphatic heterocycles. The van der Waals surface area contributed by atoms with Gasteiger partial charge in [-0.1, -0.05) is 12.1 Å². The molecule has 0 fully saturated rings. The third-order valence-electron chi connectivity index (χ3n) is 1.84. The van der Waals surface area contributed by atoms with Gasteiger partial charge in [0.2, 0.25) is 0 Å². The van der Waals surface area contributed by atoms with Crippen molar-refractivity contribution < 1.29 is 0 Å². The third-order valence-corrected chi connectivity index (χ3v) is 1.84. The van der Waals surface area contributed by atoms with Crippen LogP contribution in [-0.2, 0) is 6.42 Å². The van der Waals surface area contributed by atoms with Crippen LogP contribution in [0.15, 0.2) is 24.3 Å².